The van der Waals surface area contributed by atoms with Gasteiger partial charge in [0.1, 0.15) is 17.6 Å². The molecule has 0 spiro atoms. The molecule has 30 heavy (non-hydrogen) atoms. The fourth-order valence-corrected chi connectivity index (χ4v) is 4.05. The van der Waals surface area contributed by atoms with Crippen molar-refractivity contribution in [3.05, 3.63) is 78.3 Å². The predicted molar refractivity (Wildman–Crippen MR) is 118 cm³/mol. The molecule has 3 heterocycles. The molecule has 0 bridgehead atoms. The maximum absolute atomic E-state index is 11.5. The van der Waals surface area contributed by atoms with Crippen LogP contribution in [-0.2, 0) is 9.53 Å². The van der Waals surface area contributed by atoms with Crippen molar-refractivity contribution in [1.29, 1.82) is 0 Å². The van der Waals surface area contributed by atoms with Crippen molar-refractivity contribution >= 4 is 23.3 Å². The van der Waals surface area contributed by atoms with Crippen molar-refractivity contribution in [3.8, 4) is 11.3 Å². The number of aromatic nitrogens is 1. The van der Waals surface area contributed by atoms with Gasteiger partial charge in [0.25, 0.3) is 0 Å². The van der Waals surface area contributed by atoms with E-state index in [4.69, 9.17) is 21.4 Å². The average molecular weight is 422 g/mol. The highest BCUT2D eigenvalue weighted by molar-refractivity contribution is 7.80. The number of rotatable bonds is 7. The van der Waals surface area contributed by atoms with Gasteiger partial charge in [-0.3, -0.25) is 9.78 Å². The summed E-state index contributed by atoms with van der Waals surface area (Å²) in [5.74, 6) is 1.38. The number of hydrogen-bond acceptors (Lipinski definition) is 5. The van der Waals surface area contributed by atoms with Crippen LogP contribution in [0.15, 0.2) is 71.3 Å². The third-order valence-corrected chi connectivity index (χ3v) is 5.53. The number of thiocarbonyl (C=S) groups is 1. The standard InChI is InChI=1S/C23H23N3O3S/c1-28-20(27)11-7-15-26-22(21(25-23(26)30)17-10-5-6-14-24-17)19-13-12-18(29-19)16-8-3-2-4-9-16/h2-6,8-10,12-14,21-22H,7,11,15H2,1H3,(H,25,30)/t21-,22+/m0/s1. The summed E-state index contributed by atoms with van der Waals surface area (Å²) < 4.78 is 11.0. The molecule has 1 aromatic carbocycles. The molecule has 0 aliphatic carbocycles. The Kier molecular flexibility index (Phi) is 6.09. The van der Waals surface area contributed by atoms with E-state index in [1.165, 1.54) is 7.11 Å². The third-order valence-electron chi connectivity index (χ3n) is 5.18. The summed E-state index contributed by atoms with van der Waals surface area (Å²) >= 11 is 5.63. The molecule has 1 aliphatic heterocycles. The quantitative estimate of drug-likeness (QED) is 0.451. The second-order valence-electron chi connectivity index (χ2n) is 7.07. The highest BCUT2D eigenvalue weighted by atomic mass is 32.1. The Balaban J connectivity index is 1.64. The first-order valence-electron chi connectivity index (χ1n) is 9.87. The van der Waals surface area contributed by atoms with Crippen LogP contribution in [0.2, 0.25) is 0 Å². The van der Waals surface area contributed by atoms with Crippen LogP contribution in [0.5, 0.6) is 0 Å². The number of pyridine rings is 1. The van der Waals surface area contributed by atoms with Crippen LogP contribution in [0.4, 0.5) is 0 Å². The van der Waals surface area contributed by atoms with Crippen molar-refractivity contribution < 1.29 is 13.9 Å². The number of benzene rings is 1. The zero-order valence-electron chi connectivity index (χ0n) is 16.7. The van der Waals surface area contributed by atoms with Gasteiger partial charge >= 0.3 is 5.97 Å². The zero-order chi connectivity index (χ0) is 20.9. The first-order chi connectivity index (χ1) is 14.7. The number of furan rings is 1. The van der Waals surface area contributed by atoms with Crippen LogP contribution in [0.25, 0.3) is 11.3 Å². The Morgan fingerprint density at radius 1 is 1.17 bits per heavy atom. The summed E-state index contributed by atoms with van der Waals surface area (Å²) in [6.07, 6.45) is 2.74. The van der Waals surface area contributed by atoms with Crippen LogP contribution in [0, 0.1) is 0 Å². The lowest BCUT2D eigenvalue weighted by atomic mass is 10.0. The molecule has 0 unspecified atom stereocenters. The van der Waals surface area contributed by atoms with Gasteiger partial charge in [-0.25, -0.2) is 0 Å². The van der Waals surface area contributed by atoms with E-state index >= 15 is 0 Å². The molecule has 2 atom stereocenters. The van der Waals surface area contributed by atoms with Gasteiger partial charge < -0.3 is 19.4 Å². The molecule has 6 nitrogen and oxygen atoms in total. The monoisotopic (exact) mass is 421 g/mol. The first-order valence-corrected chi connectivity index (χ1v) is 10.3. The van der Waals surface area contributed by atoms with Gasteiger partial charge in [0, 0.05) is 24.7 Å². The minimum Gasteiger partial charge on any atom is -0.469 e. The van der Waals surface area contributed by atoms with Crippen LogP contribution in [0.3, 0.4) is 0 Å². The Morgan fingerprint density at radius 2 is 1.97 bits per heavy atom. The zero-order valence-corrected chi connectivity index (χ0v) is 17.5. The molecule has 1 aliphatic rings. The number of nitrogens with zero attached hydrogens (tertiary/aromatic N) is 2. The molecular weight excluding hydrogens is 398 g/mol. The van der Waals surface area contributed by atoms with Crippen molar-refractivity contribution in [1.82, 2.24) is 15.2 Å². The van der Waals surface area contributed by atoms with Crippen molar-refractivity contribution in [2.75, 3.05) is 13.7 Å². The summed E-state index contributed by atoms with van der Waals surface area (Å²) in [6, 6.07) is 19.5. The molecule has 0 saturated carbocycles. The molecule has 0 radical (unpaired) electrons. The molecule has 7 heteroatoms. The van der Waals surface area contributed by atoms with Crippen LogP contribution < -0.4 is 5.32 Å². The average Bonchev–Trinajstić information content (AvgIpc) is 3.40. The van der Waals surface area contributed by atoms with Gasteiger partial charge in [0.05, 0.1) is 18.8 Å². The Labute approximate surface area is 180 Å². The van der Waals surface area contributed by atoms with Gasteiger partial charge in [-0.1, -0.05) is 36.4 Å². The van der Waals surface area contributed by atoms with E-state index < -0.39 is 0 Å². The maximum atomic E-state index is 11.5. The number of hydrogen-bond donors (Lipinski definition) is 1. The van der Waals surface area contributed by atoms with Gasteiger partial charge in [-0.05, 0) is 42.9 Å². The fourth-order valence-electron chi connectivity index (χ4n) is 3.72. The van der Waals surface area contributed by atoms with E-state index in [0.717, 1.165) is 22.8 Å². The Bertz CT molecular complexity index is 1010. The van der Waals surface area contributed by atoms with Crippen LogP contribution in [-0.4, -0.2) is 34.6 Å². The number of nitrogens with one attached hydrogen (secondary N) is 1. The van der Waals surface area contributed by atoms with E-state index in [1.807, 2.05) is 60.7 Å². The van der Waals surface area contributed by atoms with E-state index in [2.05, 4.69) is 15.2 Å². The summed E-state index contributed by atoms with van der Waals surface area (Å²) in [7, 11) is 1.40. The molecule has 1 fully saturated rings. The van der Waals surface area contributed by atoms with Gasteiger partial charge in [0.15, 0.2) is 5.11 Å². The highest BCUT2D eigenvalue weighted by Crippen LogP contribution is 2.40. The van der Waals surface area contributed by atoms with Crippen molar-refractivity contribution in [2.24, 2.45) is 0 Å². The second-order valence-corrected chi connectivity index (χ2v) is 7.45. The van der Waals surface area contributed by atoms with Crippen LogP contribution in [0.1, 0.15) is 36.4 Å². The number of carbonyl (C=O) groups excluding carboxylic acids is 1. The molecule has 4 rings (SSSR count). The summed E-state index contributed by atoms with van der Waals surface area (Å²) in [5.41, 5.74) is 1.90. The van der Waals surface area contributed by atoms with Gasteiger partial charge in [-0.15, -0.1) is 0 Å². The van der Waals surface area contributed by atoms with Crippen molar-refractivity contribution in [2.45, 2.75) is 24.9 Å². The highest BCUT2D eigenvalue weighted by Gasteiger charge is 2.41. The van der Waals surface area contributed by atoms with E-state index in [-0.39, 0.29) is 18.1 Å². The molecule has 154 valence electrons. The second kappa shape index (κ2) is 9.09. The van der Waals surface area contributed by atoms with Crippen LogP contribution >= 0.6 is 12.2 Å². The molecule has 1 N–H and O–H groups in total. The molecule has 1 saturated heterocycles. The molecule has 0 amide bonds. The summed E-state index contributed by atoms with van der Waals surface area (Å²) in [5, 5.41) is 4.01. The van der Waals surface area contributed by atoms with E-state index in [1.54, 1.807) is 6.20 Å². The lowest BCUT2D eigenvalue weighted by Crippen LogP contribution is -2.30. The third kappa shape index (κ3) is 4.21. The van der Waals surface area contributed by atoms with Crippen molar-refractivity contribution in [3.63, 3.8) is 0 Å². The maximum Gasteiger partial charge on any atom is 0.305 e. The molecule has 3 aromatic rings. The van der Waals surface area contributed by atoms with E-state index in [9.17, 15) is 4.79 Å². The largest absolute Gasteiger partial charge is 0.469 e. The lowest BCUT2D eigenvalue weighted by Gasteiger charge is -2.25. The smallest absolute Gasteiger partial charge is 0.305 e. The molecule has 2 aromatic heterocycles. The fraction of sp³-hybridized carbons (Fsp3) is 0.261. The normalized spacial score (nSPS) is 18.3. The minimum atomic E-state index is -0.227. The SMILES string of the molecule is COC(=O)CCCN1C(=S)N[C@@H](c2ccccn2)[C@H]1c1ccc(-c2ccccc2)o1. The Morgan fingerprint density at radius 3 is 2.70 bits per heavy atom. The van der Waals surface area contributed by atoms with Gasteiger partial charge in [-0.2, -0.15) is 0 Å². The number of carbonyl (C=O) groups is 1. The topological polar surface area (TPSA) is 67.6 Å². The van der Waals surface area contributed by atoms with Gasteiger partial charge in [0.2, 0.25) is 0 Å². The predicted octanol–water partition coefficient (Wildman–Crippen LogP) is 4.27. The Hall–Kier alpha value is -3.19. The number of esters is 1. The lowest BCUT2D eigenvalue weighted by molar-refractivity contribution is -0.140. The molecular formula is C23H23N3O3S. The summed E-state index contributed by atoms with van der Waals surface area (Å²) in [4.78, 5) is 18.1. The minimum absolute atomic E-state index is 0.147. The first kappa shape index (κ1) is 20.1. The van der Waals surface area contributed by atoms with E-state index in [0.29, 0.717) is 24.5 Å². The summed E-state index contributed by atoms with van der Waals surface area (Å²) in [6.45, 7) is 0.607. The number of ether oxygens (including phenoxy) is 1. The number of methoxy groups -OCH3 is 1.